The highest BCUT2D eigenvalue weighted by atomic mass is 35.5. The Morgan fingerprint density at radius 2 is 1.82 bits per heavy atom. The van der Waals surface area contributed by atoms with Crippen LogP contribution in [0.3, 0.4) is 0 Å². The minimum absolute atomic E-state index is 0.501. The van der Waals surface area contributed by atoms with E-state index in [-0.39, 0.29) is 0 Å². The standard InChI is InChI=1S/C14H19ClN2/c1-6-10-8(3)13(15)14(17-5)12(9(4)16)11(10)7-2/h16H,5-7H2,1-4H3. The van der Waals surface area contributed by atoms with Gasteiger partial charge in [0.05, 0.1) is 10.7 Å². The molecule has 0 radical (unpaired) electrons. The maximum absolute atomic E-state index is 7.92. The number of rotatable bonds is 4. The quantitative estimate of drug-likeness (QED) is 0.765. The maximum Gasteiger partial charge on any atom is 0.0904 e. The average molecular weight is 251 g/mol. The highest BCUT2D eigenvalue weighted by molar-refractivity contribution is 6.35. The van der Waals surface area contributed by atoms with E-state index >= 15 is 0 Å². The number of hydrogen-bond donors (Lipinski definition) is 1. The lowest BCUT2D eigenvalue weighted by Crippen LogP contribution is -2.06. The van der Waals surface area contributed by atoms with Gasteiger partial charge in [-0.05, 0) is 50.1 Å². The summed E-state index contributed by atoms with van der Waals surface area (Å²) in [6.07, 6.45) is 1.81. The van der Waals surface area contributed by atoms with E-state index in [0.29, 0.717) is 16.4 Å². The summed E-state index contributed by atoms with van der Waals surface area (Å²) in [6, 6.07) is 0. The van der Waals surface area contributed by atoms with Crippen molar-refractivity contribution in [2.75, 3.05) is 0 Å². The van der Waals surface area contributed by atoms with Gasteiger partial charge in [-0.1, -0.05) is 25.4 Å². The van der Waals surface area contributed by atoms with Gasteiger partial charge < -0.3 is 5.41 Å². The molecule has 1 aromatic rings. The van der Waals surface area contributed by atoms with Crippen LogP contribution in [0, 0.1) is 12.3 Å². The molecule has 0 atom stereocenters. The van der Waals surface area contributed by atoms with Crippen LogP contribution in [0.5, 0.6) is 0 Å². The Kier molecular flexibility index (Phi) is 4.47. The second kappa shape index (κ2) is 5.46. The lowest BCUT2D eigenvalue weighted by atomic mass is 9.89. The fourth-order valence-electron chi connectivity index (χ4n) is 2.36. The molecule has 0 aliphatic rings. The number of benzene rings is 1. The molecule has 0 heterocycles. The van der Waals surface area contributed by atoms with Gasteiger partial charge in [0.15, 0.2) is 0 Å². The minimum atomic E-state index is 0.501. The van der Waals surface area contributed by atoms with E-state index in [0.717, 1.165) is 24.0 Å². The fraction of sp³-hybridized carbons (Fsp3) is 0.429. The lowest BCUT2D eigenvalue weighted by Gasteiger charge is -2.19. The van der Waals surface area contributed by atoms with Crippen LogP contribution in [0.2, 0.25) is 5.02 Å². The van der Waals surface area contributed by atoms with Crippen molar-refractivity contribution < 1.29 is 0 Å². The van der Waals surface area contributed by atoms with E-state index in [4.69, 9.17) is 17.0 Å². The molecule has 0 aliphatic carbocycles. The van der Waals surface area contributed by atoms with Crippen molar-refractivity contribution in [2.45, 2.75) is 40.5 Å². The van der Waals surface area contributed by atoms with E-state index < -0.39 is 0 Å². The van der Waals surface area contributed by atoms with Gasteiger partial charge in [-0.2, -0.15) is 0 Å². The Hall–Kier alpha value is -1.15. The summed E-state index contributed by atoms with van der Waals surface area (Å²) >= 11 is 6.33. The van der Waals surface area contributed by atoms with Crippen molar-refractivity contribution in [3.63, 3.8) is 0 Å². The van der Waals surface area contributed by atoms with E-state index in [2.05, 4.69) is 25.6 Å². The topological polar surface area (TPSA) is 36.2 Å². The Morgan fingerprint density at radius 3 is 2.18 bits per heavy atom. The van der Waals surface area contributed by atoms with Crippen LogP contribution in [0.25, 0.3) is 0 Å². The van der Waals surface area contributed by atoms with Gasteiger partial charge in [0.2, 0.25) is 0 Å². The second-order valence-corrected chi connectivity index (χ2v) is 4.49. The lowest BCUT2D eigenvalue weighted by molar-refractivity contribution is 1.01. The zero-order chi connectivity index (χ0) is 13.2. The summed E-state index contributed by atoms with van der Waals surface area (Å²) in [5, 5.41) is 8.55. The third-order valence-corrected chi connectivity index (χ3v) is 3.60. The van der Waals surface area contributed by atoms with Gasteiger partial charge in [0, 0.05) is 11.3 Å². The second-order valence-electron chi connectivity index (χ2n) is 4.11. The van der Waals surface area contributed by atoms with Gasteiger partial charge in [-0.15, -0.1) is 0 Å². The molecule has 0 fully saturated rings. The molecule has 1 rings (SSSR count). The molecule has 0 bridgehead atoms. The molecule has 17 heavy (non-hydrogen) atoms. The highest BCUT2D eigenvalue weighted by Crippen LogP contribution is 2.38. The number of nitrogens with one attached hydrogen (secondary N) is 1. The molecule has 1 N–H and O–H groups in total. The summed E-state index contributed by atoms with van der Waals surface area (Å²) < 4.78 is 0. The van der Waals surface area contributed by atoms with Crippen LogP contribution in [0.4, 0.5) is 5.69 Å². The normalized spacial score (nSPS) is 10.4. The van der Waals surface area contributed by atoms with Crippen LogP contribution in [-0.2, 0) is 12.8 Å². The number of halogens is 1. The summed E-state index contributed by atoms with van der Waals surface area (Å²) in [5.41, 5.74) is 5.51. The highest BCUT2D eigenvalue weighted by Gasteiger charge is 2.19. The summed E-state index contributed by atoms with van der Waals surface area (Å²) in [6.45, 7) is 11.6. The molecule has 3 heteroatoms. The molecule has 2 nitrogen and oxygen atoms in total. The van der Waals surface area contributed by atoms with Gasteiger partial charge in [-0.3, -0.25) is 4.99 Å². The Balaban J connectivity index is 3.82. The first-order valence-electron chi connectivity index (χ1n) is 5.85. The molecule has 0 spiro atoms. The SMILES string of the molecule is C=Nc1c(Cl)c(C)c(CC)c(CC)c1C(C)=N. The third-order valence-electron chi connectivity index (χ3n) is 3.13. The largest absolute Gasteiger partial charge is 0.305 e. The van der Waals surface area contributed by atoms with Crippen LogP contribution < -0.4 is 0 Å². The zero-order valence-corrected chi connectivity index (χ0v) is 11.7. The van der Waals surface area contributed by atoms with Crippen LogP contribution in [-0.4, -0.2) is 12.4 Å². The number of aliphatic imine (C=N–C) groups is 1. The minimum Gasteiger partial charge on any atom is -0.305 e. The average Bonchev–Trinajstić information content (AvgIpc) is 2.31. The van der Waals surface area contributed by atoms with Crippen LogP contribution in [0.15, 0.2) is 4.99 Å². The van der Waals surface area contributed by atoms with Crippen LogP contribution in [0.1, 0.15) is 43.0 Å². The van der Waals surface area contributed by atoms with Gasteiger partial charge in [0.1, 0.15) is 0 Å². The van der Waals surface area contributed by atoms with Gasteiger partial charge >= 0.3 is 0 Å². The molecule has 0 saturated carbocycles. The Bertz CT molecular complexity index is 476. The zero-order valence-electron chi connectivity index (χ0n) is 10.9. The molecule has 0 saturated heterocycles. The predicted octanol–water partition coefficient (Wildman–Crippen LogP) is 4.49. The van der Waals surface area contributed by atoms with Gasteiger partial charge in [-0.25, -0.2) is 0 Å². The molecule has 0 aromatic heterocycles. The number of hydrogen-bond acceptors (Lipinski definition) is 2. The van der Waals surface area contributed by atoms with E-state index in [1.165, 1.54) is 11.1 Å². The van der Waals surface area contributed by atoms with Crippen molar-refractivity contribution in [3.05, 3.63) is 27.3 Å². The molecule has 0 amide bonds. The van der Waals surface area contributed by atoms with Gasteiger partial charge in [0.25, 0.3) is 0 Å². The van der Waals surface area contributed by atoms with E-state index in [9.17, 15) is 0 Å². The predicted molar refractivity (Wildman–Crippen MR) is 76.7 cm³/mol. The molecular weight excluding hydrogens is 232 g/mol. The maximum atomic E-state index is 7.92. The molecule has 1 aromatic carbocycles. The summed E-state index contributed by atoms with van der Waals surface area (Å²) in [4.78, 5) is 4.01. The molecule has 92 valence electrons. The first-order chi connectivity index (χ1) is 7.99. The van der Waals surface area contributed by atoms with Crippen LogP contribution >= 0.6 is 11.6 Å². The van der Waals surface area contributed by atoms with E-state index in [1.54, 1.807) is 6.92 Å². The first kappa shape index (κ1) is 13.9. The summed E-state index contributed by atoms with van der Waals surface area (Å²) in [7, 11) is 0. The molecular formula is C14H19ClN2. The number of nitrogens with zero attached hydrogens (tertiary/aromatic N) is 1. The summed E-state index contributed by atoms with van der Waals surface area (Å²) in [5.74, 6) is 0. The van der Waals surface area contributed by atoms with E-state index in [1.807, 2.05) is 6.92 Å². The molecule has 0 unspecified atom stereocenters. The first-order valence-corrected chi connectivity index (χ1v) is 6.23. The third kappa shape index (κ3) is 2.27. The Labute approximate surface area is 108 Å². The monoisotopic (exact) mass is 250 g/mol. The fourth-order valence-corrected chi connectivity index (χ4v) is 2.63. The van der Waals surface area contributed by atoms with Crippen molar-refractivity contribution in [3.8, 4) is 0 Å². The van der Waals surface area contributed by atoms with Crippen molar-refractivity contribution in [2.24, 2.45) is 4.99 Å². The smallest absolute Gasteiger partial charge is 0.0904 e. The van der Waals surface area contributed by atoms with Crippen molar-refractivity contribution >= 4 is 29.7 Å². The Morgan fingerprint density at radius 1 is 1.29 bits per heavy atom. The molecule has 0 aliphatic heterocycles. The van der Waals surface area contributed by atoms with Crippen molar-refractivity contribution in [1.29, 1.82) is 5.41 Å². The van der Waals surface area contributed by atoms with Crippen molar-refractivity contribution in [1.82, 2.24) is 0 Å².